The fourth-order valence-electron chi connectivity index (χ4n) is 2.98. The van der Waals surface area contributed by atoms with Gasteiger partial charge in [-0.3, -0.25) is 4.98 Å². The molecule has 1 aromatic carbocycles. The second kappa shape index (κ2) is 8.40. The number of hydrogen-bond acceptors (Lipinski definition) is 5. The highest BCUT2D eigenvalue weighted by molar-refractivity contribution is 5.64. The lowest BCUT2D eigenvalue weighted by Gasteiger charge is -2.10. The van der Waals surface area contributed by atoms with Crippen molar-refractivity contribution in [3.8, 4) is 22.9 Å². The number of benzene rings is 1. The quantitative estimate of drug-likeness (QED) is 0.410. The second-order valence-electron chi connectivity index (χ2n) is 6.47. The first kappa shape index (κ1) is 19.7. The largest absolute Gasteiger partial charge is 0.573 e. The molecule has 0 amide bonds. The maximum absolute atomic E-state index is 12.5. The molecule has 3 aromatic heterocycles. The number of alkyl halides is 3. The van der Waals surface area contributed by atoms with E-state index in [1.807, 2.05) is 18.3 Å². The normalized spacial score (nSPS) is 11.6. The zero-order chi connectivity index (χ0) is 21.0. The number of aromatic nitrogens is 4. The summed E-state index contributed by atoms with van der Waals surface area (Å²) < 4.78 is 48.8. The fourth-order valence-corrected chi connectivity index (χ4v) is 2.98. The Morgan fingerprint density at radius 1 is 1.00 bits per heavy atom. The van der Waals surface area contributed by atoms with Crippen LogP contribution >= 0.6 is 0 Å². The highest BCUT2D eigenvalue weighted by Gasteiger charge is 2.31. The van der Waals surface area contributed by atoms with Crippen molar-refractivity contribution in [1.82, 2.24) is 19.6 Å². The van der Waals surface area contributed by atoms with Gasteiger partial charge in [0.25, 0.3) is 0 Å². The number of imidazole rings is 1. The van der Waals surface area contributed by atoms with Gasteiger partial charge in [-0.2, -0.15) is 0 Å². The Balaban J connectivity index is 1.48. The first-order valence-electron chi connectivity index (χ1n) is 9.21. The van der Waals surface area contributed by atoms with E-state index in [4.69, 9.17) is 4.74 Å². The van der Waals surface area contributed by atoms with E-state index < -0.39 is 6.36 Å². The fraction of sp³-hybridized carbons (Fsp3) is 0.190. The minimum absolute atomic E-state index is 0.308. The summed E-state index contributed by atoms with van der Waals surface area (Å²) in [7, 11) is 0. The summed E-state index contributed by atoms with van der Waals surface area (Å²) in [6, 6.07) is 13.0. The topological polar surface area (TPSA) is 61.5 Å². The number of fused-ring (bicyclic) bond motifs is 1. The van der Waals surface area contributed by atoms with Gasteiger partial charge in [0, 0.05) is 24.0 Å². The minimum Gasteiger partial charge on any atom is -0.477 e. The van der Waals surface area contributed by atoms with E-state index in [1.54, 1.807) is 30.6 Å². The third-order valence-corrected chi connectivity index (χ3v) is 4.28. The number of pyridine rings is 1. The Bertz CT molecular complexity index is 1130. The van der Waals surface area contributed by atoms with Crippen LogP contribution in [0.4, 0.5) is 13.2 Å². The van der Waals surface area contributed by atoms with Gasteiger partial charge >= 0.3 is 6.36 Å². The van der Waals surface area contributed by atoms with Crippen molar-refractivity contribution in [1.29, 1.82) is 0 Å². The lowest BCUT2D eigenvalue weighted by molar-refractivity contribution is -0.274. The maximum Gasteiger partial charge on any atom is 0.573 e. The van der Waals surface area contributed by atoms with Gasteiger partial charge in [0.1, 0.15) is 5.75 Å². The molecular weight excluding hydrogens is 397 g/mol. The van der Waals surface area contributed by atoms with Gasteiger partial charge in [-0.1, -0.05) is 18.2 Å². The van der Waals surface area contributed by atoms with E-state index in [0.29, 0.717) is 29.4 Å². The zero-order valence-corrected chi connectivity index (χ0v) is 15.7. The van der Waals surface area contributed by atoms with E-state index in [2.05, 4.69) is 19.8 Å². The standard InChI is InChI=1S/C21H17F3N4O2/c22-21(23,24)30-17-7-1-6-16(12-17)18-14-26-19-8-9-20(27-28(18)19)29-11-3-5-15-4-2-10-25-13-15/h1-2,4,6-10,12-14H,3,5,11H2. The molecule has 0 spiro atoms. The van der Waals surface area contributed by atoms with Crippen LogP contribution in [0.2, 0.25) is 0 Å². The molecule has 0 aliphatic heterocycles. The SMILES string of the molecule is FC(F)(F)Oc1cccc(-c2cnc3ccc(OCCCc4cccnc4)nn23)c1. The summed E-state index contributed by atoms with van der Waals surface area (Å²) >= 11 is 0. The second-order valence-corrected chi connectivity index (χ2v) is 6.47. The molecule has 0 radical (unpaired) electrons. The smallest absolute Gasteiger partial charge is 0.477 e. The van der Waals surface area contributed by atoms with Crippen LogP contribution in [-0.4, -0.2) is 32.6 Å². The summed E-state index contributed by atoms with van der Waals surface area (Å²) in [5.41, 5.74) is 2.70. The van der Waals surface area contributed by atoms with Crippen LogP contribution in [0.15, 0.2) is 67.1 Å². The van der Waals surface area contributed by atoms with Crippen LogP contribution in [-0.2, 0) is 6.42 Å². The van der Waals surface area contributed by atoms with Gasteiger partial charge < -0.3 is 9.47 Å². The molecule has 6 nitrogen and oxygen atoms in total. The van der Waals surface area contributed by atoms with Crippen LogP contribution in [0.1, 0.15) is 12.0 Å². The summed E-state index contributed by atoms with van der Waals surface area (Å²) in [6.07, 6.45) is 1.96. The third kappa shape index (κ3) is 4.86. The number of nitrogens with zero attached hydrogens (tertiary/aromatic N) is 4. The van der Waals surface area contributed by atoms with Crippen LogP contribution in [0, 0.1) is 0 Å². The molecule has 4 aromatic rings. The highest BCUT2D eigenvalue weighted by atomic mass is 19.4. The average Bonchev–Trinajstić information content (AvgIpc) is 3.14. The molecule has 4 rings (SSSR count). The van der Waals surface area contributed by atoms with Gasteiger partial charge in [-0.05, 0) is 42.7 Å². The molecule has 9 heteroatoms. The Hall–Kier alpha value is -3.62. The van der Waals surface area contributed by atoms with Crippen LogP contribution in [0.5, 0.6) is 11.6 Å². The number of halogens is 3. The Morgan fingerprint density at radius 3 is 2.70 bits per heavy atom. The molecule has 0 saturated heterocycles. The monoisotopic (exact) mass is 414 g/mol. The highest BCUT2D eigenvalue weighted by Crippen LogP contribution is 2.28. The number of hydrogen-bond donors (Lipinski definition) is 0. The molecule has 30 heavy (non-hydrogen) atoms. The van der Waals surface area contributed by atoms with E-state index in [0.717, 1.165) is 18.4 Å². The molecule has 0 fully saturated rings. The van der Waals surface area contributed by atoms with E-state index in [1.165, 1.54) is 22.7 Å². The molecule has 154 valence electrons. The molecule has 0 aliphatic carbocycles. The van der Waals surface area contributed by atoms with Crippen molar-refractivity contribution in [2.45, 2.75) is 19.2 Å². The molecule has 0 N–H and O–H groups in total. The first-order valence-corrected chi connectivity index (χ1v) is 9.21. The summed E-state index contributed by atoms with van der Waals surface area (Å²) in [6.45, 7) is 0.465. The van der Waals surface area contributed by atoms with E-state index in [9.17, 15) is 13.2 Å². The summed E-state index contributed by atoms with van der Waals surface area (Å²) in [4.78, 5) is 8.33. The van der Waals surface area contributed by atoms with Crippen molar-refractivity contribution in [3.63, 3.8) is 0 Å². The molecule has 3 heterocycles. The van der Waals surface area contributed by atoms with Crippen LogP contribution < -0.4 is 9.47 Å². The van der Waals surface area contributed by atoms with Gasteiger partial charge in [0.2, 0.25) is 5.88 Å². The molecule has 0 unspecified atom stereocenters. The lowest BCUT2D eigenvalue weighted by atomic mass is 10.1. The predicted molar refractivity (Wildman–Crippen MR) is 103 cm³/mol. The number of aryl methyl sites for hydroxylation is 1. The van der Waals surface area contributed by atoms with Crippen molar-refractivity contribution in [2.75, 3.05) is 6.61 Å². The summed E-state index contributed by atoms with van der Waals surface area (Å²) in [5, 5.41) is 4.42. The van der Waals surface area contributed by atoms with Crippen LogP contribution in [0.3, 0.4) is 0 Å². The molecule has 0 saturated carbocycles. The lowest BCUT2D eigenvalue weighted by Crippen LogP contribution is -2.17. The number of ether oxygens (including phenoxy) is 2. The summed E-state index contributed by atoms with van der Waals surface area (Å²) in [5.74, 6) is 0.0911. The van der Waals surface area contributed by atoms with Crippen molar-refractivity contribution in [3.05, 3.63) is 72.7 Å². The Kier molecular flexibility index (Phi) is 5.51. The maximum atomic E-state index is 12.5. The van der Waals surface area contributed by atoms with Crippen molar-refractivity contribution >= 4 is 5.65 Å². The minimum atomic E-state index is -4.76. The van der Waals surface area contributed by atoms with Crippen molar-refractivity contribution < 1.29 is 22.6 Å². The van der Waals surface area contributed by atoms with Crippen molar-refractivity contribution in [2.24, 2.45) is 0 Å². The molecular formula is C21H17F3N4O2. The Labute approximate surface area is 169 Å². The van der Waals surface area contributed by atoms with Gasteiger partial charge in [0.05, 0.1) is 18.5 Å². The van der Waals surface area contributed by atoms with Gasteiger partial charge in [-0.25, -0.2) is 9.50 Å². The predicted octanol–water partition coefficient (Wildman–Crippen LogP) is 4.70. The molecule has 0 bridgehead atoms. The zero-order valence-electron chi connectivity index (χ0n) is 15.7. The average molecular weight is 414 g/mol. The molecule has 0 aliphatic rings. The van der Waals surface area contributed by atoms with E-state index >= 15 is 0 Å². The molecule has 0 atom stereocenters. The first-order chi connectivity index (χ1) is 14.5. The van der Waals surface area contributed by atoms with Crippen LogP contribution in [0.25, 0.3) is 16.9 Å². The van der Waals surface area contributed by atoms with Gasteiger partial charge in [-0.15, -0.1) is 18.3 Å². The van der Waals surface area contributed by atoms with E-state index in [-0.39, 0.29) is 5.75 Å². The third-order valence-electron chi connectivity index (χ3n) is 4.28. The van der Waals surface area contributed by atoms with Gasteiger partial charge in [0.15, 0.2) is 5.65 Å². The Morgan fingerprint density at radius 2 is 1.90 bits per heavy atom. The number of rotatable bonds is 7.